The summed E-state index contributed by atoms with van der Waals surface area (Å²) < 4.78 is 10.9. The minimum Gasteiger partial charge on any atom is -0.461 e. The number of aromatic nitrogens is 1. The molecule has 0 spiro atoms. The number of pyridine rings is 1. The van der Waals surface area contributed by atoms with E-state index < -0.39 is 0 Å². The molecule has 1 aliphatic heterocycles. The van der Waals surface area contributed by atoms with Gasteiger partial charge in [-0.15, -0.1) is 0 Å². The highest BCUT2D eigenvalue weighted by molar-refractivity contribution is 5.75. The largest absolute Gasteiger partial charge is 0.461 e. The first kappa shape index (κ1) is 17.5. The molecule has 1 saturated heterocycles. The summed E-state index contributed by atoms with van der Waals surface area (Å²) in [5.41, 5.74) is 2.36. The van der Waals surface area contributed by atoms with Gasteiger partial charge in [-0.2, -0.15) is 0 Å². The number of carbonyl (C=O) groups is 1. The molecule has 0 radical (unpaired) electrons. The van der Waals surface area contributed by atoms with E-state index in [1.165, 1.54) is 5.56 Å². The summed E-state index contributed by atoms with van der Waals surface area (Å²) in [7, 11) is 1.64. The van der Waals surface area contributed by atoms with Crippen molar-refractivity contribution < 1.29 is 13.9 Å². The fraction of sp³-hybridized carbons (Fsp3) is 0.474. The van der Waals surface area contributed by atoms with Gasteiger partial charge in [0.2, 0.25) is 0 Å². The number of urea groups is 1. The molecule has 0 aliphatic carbocycles. The molecule has 0 saturated carbocycles. The van der Waals surface area contributed by atoms with Gasteiger partial charge < -0.3 is 19.4 Å². The summed E-state index contributed by atoms with van der Waals surface area (Å²) in [5.74, 6) is 1.63. The summed E-state index contributed by atoms with van der Waals surface area (Å²) >= 11 is 0. The first-order valence-corrected chi connectivity index (χ1v) is 8.70. The number of amides is 2. The Kier molecular flexibility index (Phi) is 5.71. The third-order valence-electron chi connectivity index (χ3n) is 4.62. The van der Waals surface area contributed by atoms with E-state index in [-0.39, 0.29) is 12.1 Å². The van der Waals surface area contributed by atoms with Gasteiger partial charge >= 0.3 is 6.03 Å². The molecular weight excluding hydrogens is 318 g/mol. The molecular formula is C19H25N3O3. The molecule has 2 aromatic rings. The molecule has 3 heterocycles. The summed E-state index contributed by atoms with van der Waals surface area (Å²) in [5, 5.41) is 3.03. The van der Waals surface area contributed by atoms with Crippen LogP contribution < -0.4 is 5.32 Å². The smallest absolute Gasteiger partial charge is 0.318 e. The average Bonchev–Trinajstić information content (AvgIpc) is 3.25. The number of nitrogens with zero attached hydrogens (tertiary/aromatic N) is 2. The second kappa shape index (κ2) is 8.16. The third-order valence-corrected chi connectivity index (χ3v) is 4.62. The maximum Gasteiger partial charge on any atom is 0.318 e. The van der Waals surface area contributed by atoms with Crippen LogP contribution in [0.15, 0.2) is 35.0 Å². The van der Waals surface area contributed by atoms with E-state index in [1.54, 1.807) is 13.3 Å². The van der Waals surface area contributed by atoms with Gasteiger partial charge in [0.1, 0.15) is 18.1 Å². The van der Waals surface area contributed by atoms with E-state index in [0.29, 0.717) is 13.2 Å². The van der Waals surface area contributed by atoms with Gasteiger partial charge in [0.15, 0.2) is 0 Å². The van der Waals surface area contributed by atoms with Gasteiger partial charge in [-0.05, 0) is 55.5 Å². The summed E-state index contributed by atoms with van der Waals surface area (Å²) in [6.45, 7) is 3.85. The first-order valence-electron chi connectivity index (χ1n) is 8.70. The normalized spacial score (nSPS) is 17.0. The fourth-order valence-corrected chi connectivity index (χ4v) is 3.29. The van der Waals surface area contributed by atoms with E-state index in [1.807, 2.05) is 36.2 Å². The third kappa shape index (κ3) is 4.20. The Bertz CT molecular complexity index is 713. The molecule has 1 aliphatic rings. The van der Waals surface area contributed by atoms with Crippen LogP contribution in [0.5, 0.6) is 0 Å². The van der Waals surface area contributed by atoms with Crippen molar-refractivity contribution in [3.8, 4) is 0 Å². The van der Waals surface area contributed by atoms with Crippen molar-refractivity contribution in [3.05, 3.63) is 53.2 Å². The van der Waals surface area contributed by atoms with Crippen molar-refractivity contribution in [2.75, 3.05) is 20.2 Å². The lowest BCUT2D eigenvalue weighted by molar-refractivity contribution is 0.156. The van der Waals surface area contributed by atoms with E-state index in [2.05, 4.69) is 10.3 Å². The fourth-order valence-electron chi connectivity index (χ4n) is 3.29. The van der Waals surface area contributed by atoms with Crippen LogP contribution in [0, 0.1) is 6.92 Å². The van der Waals surface area contributed by atoms with E-state index in [4.69, 9.17) is 9.15 Å². The number of methoxy groups -OCH3 is 1. The van der Waals surface area contributed by atoms with Gasteiger partial charge in [-0.1, -0.05) is 0 Å². The van der Waals surface area contributed by atoms with Crippen LogP contribution in [-0.2, 0) is 17.8 Å². The van der Waals surface area contributed by atoms with Crippen molar-refractivity contribution in [2.24, 2.45) is 0 Å². The molecule has 1 fully saturated rings. The van der Waals surface area contributed by atoms with Crippen LogP contribution in [0.25, 0.3) is 0 Å². The van der Waals surface area contributed by atoms with Crippen molar-refractivity contribution in [2.45, 2.75) is 38.8 Å². The second-order valence-corrected chi connectivity index (χ2v) is 6.37. The van der Waals surface area contributed by atoms with Crippen LogP contribution >= 0.6 is 0 Å². The summed E-state index contributed by atoms with van der Waals surface area (Å²) in [4.78, 5) is 18.5. The zero-order valence-corrected chi connectivity index (χ0v) is 14.8. The number of rotatable bonds is 6. The number of carbonyl (C=O) groups excluding carboxylic acids is 1. The monoisotopic (exact) mass is 343 g/mol. The highest BCUT2D eigenvalue weighted by Crippen LogP contribution is 2.33. The molecule has 0 aromatic carbocycles. The van der Waals surface area contributed by atoms with Gasteiger partial charge in [0.05, 0.1) is 6.04 Å². The van der Waals surface area contributed by atoms with Crippen molar-refractivity contribution in [1.29, 1.82) is 0 Å². The van der Waals surface area contributed by atoms with Crippen molar-refractivity contribution in [3.63, 3.8) is 0 Å². The van der Waals surface area contributed by atoms with Gasteiger partial charge in [-0.3, -0.25) is 4.98 Å². The van der Waals surface area contributed by atoms with Crippen molar-refractivity contribution >= 4 is 6.03 Å². The minimum atomic E-state index is -0.0288. The molecule has 2 amide bonds. The lowest BCUT2D eigenvalue weighted by Crippen LogP contribution is -2.40. The highest BCUT2D eigenvalue weighted by atomic mass is 16.5. The lowest BCUT2D eigenvalue weighted by Gasteiger charge is -2.23. The lowest BCUT2D eigenvalue weighted by atomic mass is 10.1. The number of hydrogen-bond acceptors (Lipinski definition) is 4. The Labute approximate surface area is 148 Å². The summed E-state index contributed by atoms with van der Waals surface area (Å²) in [6.07, 6.45) is 6.35. The number of hydrogen-bond donors (Lipinski definition) is 1. The topological polar surface area (TPSA) is 67.6 Å². The number of likely N-dealkylation sites (tertiary alicyclic amines) is 1. The van der Waals surface area contributed by atoms with Crippen molar-refractivity contribution in [1.82, 2.24) is 15.2 Å². The molecule has 1 N–H and O–H groups in total. The molecule has 0 unspecified atom stereocenters. The van der Waals surface area contributed by atoms with Gasteiger partial charge in [-0.25, -0.2) is 4.79 Å². The standard InChI is InChI=1S/C19H25N3O3/c1-14-12-20-9-7-15(14)8-10-21-19(23)22-11-3-4-17(22)18-6-5-16(25-18)13-24-2/h5-7,9,12,17H,3-4,8,10-11,13H2,1-2H3,(H,21,23)/t17-/m1/s1. The Morgan fingerprint density at radius 1 is 1.44 bits per heavy atom. The predicted octanol–water partition coefficient (Wildman–Crippen LogP) is 3.22. The highest BCUT2D eigenvalue weighted by Gasteiger charge is 2.32. The minimum absolute atomic E-state index is 0.00766. The average molecular weight is 343 g/mol. The molecule has 0 bridgehead atoms. The number of aryl methyl sites for hydroxylation is 1. The number of ether oxygens (including phenoxy) is 1. The molecule has 6 nitrogen and oxygen atoms in total. The van der Waals surface area contributed by atoms with E-state index in [9.17, 15) is 4.79 Å². The van der Waals surface area contributed by atoms with Crippen LogP contribution in [0.3, 0.4) is 0 Å². The van der Waals surface area contributed by atoms with Crippen LogP contribution in [0.4, 0.5) is 4.79 Å². The molecule has 134 valence electrons. The number of furan rings is 1. The maximum atomic E-state index is 12.6. The molecule has 6 heteroatoms. The second-order valence-electron chi connectivity index (χ2n) is 6.37. The van der Waals surface area contributed by atoms with E-state index in [0.717, 1.165) is 42.9 Å². The first-order chi connectivity index (χ1) is 12.2. The SMILES string of the molecule is COCc1ccc([C@H]2CCCN2C(=O)NCCc2ccncc2C)o1. The van der Waals surface area contributed by atoms with Gasteiger partial charge in [0.25, 0.3) is 0 Å². The van der Waals surface area contributed by atoms with Crippen LogP contribution in [-0.4, -0.2) is 36.1 Å². The maximum absolute atomic E-state index is 12.6. The Morgan fingerprint density at radius 2 is 2.32 bits per heavy atom. The zero-order valence-electron chi connectivity index (χ0n) is 14.8. The molecule has 25 heavy (non-hydrogen) atoms. The van der Waals surface area contributed by atoms with Crippen LogP contribution in [0.2, 0.25) is 0 Å². The Hall–Kier alpha value is -2.34. The quantitative estimate of drug-likeness (QED) is 0.874. The zero-order chi connectivity index (χ0) is 17.6. The molecule has 3 rings (SSSR count). The Morgan fingerprint density at radius 3 is 3.12 bits per heavy atom. The molecule has 1 atom stereocenters. The van der Waals surface area contributed by atoms with Crippen LogP contribution in [0.1, 0.15) is 41.5 Å². The van der Waals surface area contributed by atoms with E-state index >= 15 is 0 Å². The van der Waals surface area contributed by atoms with Gasteiger partial charge in [0, 0.05) is 32.6 Å². The summed E-state index contributed by atoms with van der Waals surface area (Å²) in [6, 6.07) is 5.84. The Balaban J connectivity index is 1.56. The molecule has 2 aromatic heterocycles. The number of nitrogens with one attached hydrogen (secondary N) is 1. The predicted molar refractivity (Wildman–Crippen MR) is 94.2 cm³/mol.